The first-order chi connectivity index (χ1) is 17.4. The van der Waals surface area contributed by atoms with Crippen molar-refractivity contribution in [2.45, 2.75) is 0 Å². The van der Waals surface area contributed by atoms with E-state index in [4.69, 9.17) is 25.8 Å². The molecule has 2 aromatic carbocycles. The molecule has 0 aliphatic carbocycles. The largest absolute Gasteiger partial charge is 0.506 e. The summed E-state index contributed by atoms with van der Waals surface area (Å²) in [6, 6.07) is 10.7. The summed E-state index contributed by atoms with van der Waals surface area (Å²) in [5.74, 6) is 1.72. The monoisotopic (exact) mass is 509 g/mol. The molecule has 36 heavy (non-hydrogen) atoms. The van der Waals surface area contributed by atoms with Crippen molar-refractivity contribution in [1.29, 1.82) is 0 Å². The molecule has 0 atom stereocenters. The van der Waals surface area contributed by atoms with Crippen LogP contribution in [-0.2, 0) is 0 Å². The minimum absolute atomic E-state index is 0.0586. The van der Waals surface area contributed by atoms with Crippen LogP contribution in [0.2, 0.25) is 5.02 Å². The van der Waals surface area contributed by atoms with E-state index >= 15 is 0 Å². The standard InChI is InChI=1S/C24H20ClN5O6/c1-34-20-10-15-17(11-21(20)35-2)26-8-7-19(15)36-14-4-5-16(18(31)9-14)28-23(32)30-24(33)29-22-6-3-13(25)12-27-22/h3-12,31H,1-2H3,(H3,27,28,29,30,32,33). The smallest absolute Gasteiger partial charge is 0.328 e. The maximum Gasteiger partial charge on any atom is 0.328 e. The predicted molar refractivity (Wildman–Crippen MR) is 133 cm³/mol. The molecule has 0 fully saturated rings. The molecule has 0 saturated heterocycles. The van der Waals surface area contributed by atoms with Gasteiger partial charge in [0.15, 0.2) is 11.5 Å². The highest BCUT2D eigenvalue weighted by Gasteiger charge is 2.14. The van der Waals surface area contributed by atoms with Gasteiger partial charge < -0.3 is 24.6 Å². The maximum atomic E-state index is 12.2. The first-order valence-electron chi connectivity index (χ1n) is 10.4. The van der Waals surface area contributed by atoms with Crippen LogP contribution < -0.4 is 30.2 Å². The number of nitrogens with one attached hydrogen (secondary N) is 3. The van der Waals surface area contributed by atoms with Crippen LogP contribution in [0.25, 0.3) is 10.9 Å². The molecule has 184 valence electrons. The zero-order valence-corrected chi connectivity index (χ0v) is 19.8. The number of halogens is 1. The first kappa shape index (κ1) is 24.4. The number of rotatable bonds is 6. The number of amides is 4. The summed E-state index contributed by atoms with van der Waals surface area (Å²) < 4.78 is 16.6. The van der Waals surface area contributed by atoms with Gasteiger partial charge in [-0.3, -0.25) is 15.6 Å². The summed E-state index contributed by atoms with van der Waals surface area (Å²) in [6.07, 6.45) is 2.93. The van der Waals surface area contributed by atoms with Crippen molar-refractivity contribution in [1.82, 2.24) is 15.3 Å². The SMILES string of the molecule is COc1cc2nccc(Oc3ccc(NC(=O)NC(=O)Nc4ccc(Cl)cn4)c(O)c3)c2cc1OC. The van der Waals surface area contributed by atoms with Crippen LogP contribution in [0, 0.1) is 0 Å². The number of carbonyl (C=O) groups excluding carboxylic acids is 2. The highest BCUT2D eigenvalue weighted by Crippen LogP contribution is 2.38. The average Bonchev–Trinajstić information content (AvgIpc) is 2.86. The van der Waals surface area contributed by atoms with Gasteiger partial charge in [0.25, 0.3) is 0 Å². The van der Waals surface area contributed by atoms with Crippen molar-refractivity contribution >= 4 is 46.1 Å². The van der Waals surface area contributed by atoms with E-state index in [1.54, 1.807) is 30.5 Å². The van der Waals surface area contributed by atoms with E-state index in [-0.39, 0.29) is 17.3 Å². The van der Waals surface area contributed by atoms with Gasteiger partial charge in [-0.1, -0.05) is 11.6 Å². The number of anilines is 2. The number of pyridine rings is 2. The number of imide groups is 1. The second-order valence-electron chi connectivity index (χ2n) is 7.21. The first-order valence-corrected chi connectivity index (χ1v) is 10.8. The number of methoxy groups -OCH3 is 2. The normalized spacial score (nSPS) is 10.4. The van der Waals surface area contributed by atoms with Crippen LogP contribution >= 0.6 is 11.6 Å². The van der Waals surface area contributed by atoms with E-state index in [1.165, 1.54) is 44.7 Å². The number of urea groups is 2. The Morgan fingerprint density at radius 3 is 2.33 bits per heavy atom. The fraction of sp³-hybridized carbons (Fsp3) is 0.0833. The van der Waals surface area contributed by atoms with Gasteiger partial charge in [-0.05, 0) is 36.4 Å². The Hall–Kier alpha value is -4.77. The number of hydrogen-bond acceptors (Lipinski definition) is 8. The van der Waals surface area contributed by atoms with E-state index in [0.29, 0.717) is 38.9 Å². The average molecular weight is 510 g/mol. The van der Waals surface area contributed by atoms with Gasteiger partial charge >= 0.3 is 12.1 Å². The number of phenols is 1. The lowest BCUT2D eigenvalue weighted by molar-refractivity contribution is 0.240. The van der Waals surface area contributed by atoms with Gasteiger partial charge in [-0.15, -0.1) is 0 Å². The number of aromatic hydroxyl groups is 1. The highest BCUT2D eigenvalue weighted by molar-refractivity contribution is 6.30. The Labute approximate surface area is 210 Å². The Bertz CT molecular complexity index is 1430. The minimum Gasteiger partial charge on any atom is -0.506 e. The van der Waals surface area contributed by atoms with E-state index in [0.717, 1.165) is 0 Å². The van der Waals surface area contributed by atoms with Gasteiger partial charge in [0.1, 0.15) is 23.1 Å². The van der Waals surface area contributed by atoms with Gasteiger partial charge in [0.2, 0.25) is 0 Å². The number of hydrogen-bond donors (Lipinski definition) is 4. The van der Waals surface area contributed by atoms with E-state index < -0.39 is 12.1 Å². The highest BCUT2D eigenvalue weighted by atomic mass is 35.5. The van der Waals surface area contributed by atoms with E-state index in [1.807, 2.05) is 0 Å². The second kappa shape index (κ2) is 10.7. The lowest BCUT2D eigenvalue weighted by Crippen LogP contribution is -2.37. The molecule has 0 bridgehead atoms. The molecule has 4 N–H and O–H groups in total. The molecule has 4 aromatic rings. The Morgan fingerprint density at radius 2 is 1.64 bits per heavy atom. The van der Waals surface area contributed by atoms with E-state index in [9.17, 15) is 14.7 Å². The molecule has 0 radical (unpaired) electrons. The van der Waals surface area contributed by atoms with Crippen LogP contribution in [0.3, 0.4) is 0 Å². The Morgan fingerprint density at radius 1 is 0.889 bits per heavy atom. The molecular weight excluding hydrogens is 490 g/mol. The third-order valence-corrected chi connectivity index (χ3v) is 5.07. The molecule has 2 aromatic heterocycles. The van der Waals surface area contributed by atoms with Crippen LogP contribution in [0.5, 0.6) is 28.7 Å². The van der Waals surface area contributed by atoms with Crippen LogP contribution in [-0.4, -0.2) is 41.4 Å². The topological polar surface area (TPSA) is 144 Å². The maximum absolute atomic E-state index is 12.2. The van der Waals surface area contributed by atoms with Crippen LogP contribution in [0.15, 0.2) is 60.9 Å². The third kappa shape index (κ3) is 5.65. The molecule has 0 spiro atoms. The summed E-state index contributed by atoms with van der Waals surface area (Å²) in [4.78, 5) is 32.4. The van der Waals surface area contributed by atoms with Crippen molar-refractivity contribution in [3.05, 3.63) is 65.9 Å². The zero-order valence-electron chi connectivity index (χ0n) is 19.0. The van der Waals surface area contributed by atoms with Gasteiger partial charge in [0, 0.05) is 29.9 Å². The molecule has 0 aliphatic rings. The molecule has 4 amide bonds. The van der Waals surface area contributed by atoms with Gasteiger partial charge in [-0.25, -0.2) is 14.6 Å². The summed E-state index contributed by atoms with van der Waals surface area (Å²) in [5.41, 5.74) is 0.680. The fourth-order valence-corrected chi connectivity index (χ4v) is 3.31. The lowest BCUT2D eigenvalue weighted by Gasteiger charge is -2.13. The summed E-state index contributed by atoms with van der Waals surface area (Å²) >= 11 is 5.74. The molecule has 0 aliphatic heterocycles. The molecule has 11 nitrogen and oxygen atoms in total. The molecular formula is C24H20ClN5O6. The molecule has 12 heteroatoms. The number of ether oxygens (including phenoxy) is 3. The van der Waals surface area contributed by atoms with Crippen LogP contribution in [0.1, 0.15) is 0 Å². The minimum atomic E-state index is -0.869. The number of carbonyl (C=O) groups is 2. The molecule has 0 saturated carbocycles. The third-order valence-electron chi connectivity index (χ3n) is 4.85. The van der Waals surface area contributed by atoms with Gasteiger partial charge in [0.05, 0.1) is 30.4 Å². The Kier molecular flexibility index (Phi) is 7.21. The molecule has 4 rings (SSSR count). The van der Waals surface area contributed by atoms with Crippen molar-refractivity contribution in [3.8, 4) is 28.7 Å². The molecule has 0 unspecified atom stereocenters. The van der Waals surface area contributed by atoms with Gasteiger partial charge in [-0.2, -0.15) is 0 Å². The summed E-state index contributed by atoms with van der Waals surface area (Å²) in [5, 5.41) is 18.3. The number of phenolic OH excluding ortho intramolecular Hbond substituents is 1. The van der Waals surface area contributed by atoms with Crippen LogP contribution in [0.4, 0.5) is 21.1 Å². The predicted octanol–water partition coefficient (Wildman–Crippen LogP) is 5.15. The fourth-order valence-electron chi connectivity index (χ4n) is 3.20. The van der Waals surface area contributed by atoms with Crippen molar-refractivity contribution in [3.63, 3.8) is 0 Å². The lowest BCUT2D eigenvalue weighted by atomic mass is 10.2. The number of benzene rings is 2. The molecule has 2 heterocycles. The number of fused-ring (bicyclic) bond motifs is 1. The van der Waals surface area contributed by atoms with E-state index in [2.05, 4.69) is 25.9 Å². The summed E-state index contributed by atoms with van der Waals surface area (Å²) in [7, 11) is 3.06. The van der Waals surface area contributed by atoms with Crippen molar-refractivity contribution < 1.29 is 28.9 Å². The zero-order chi connectivity index (χ0) is 25.7. The van der Waals surface area contributed by atoms with Crippen molar-refractivity contribution in [2.24, 2.45) is 0 Å². The van der Waals surface area contributed by atoms with Crippen molar-refractivity contribution in [2.75, 3.05) is 24.9 Å². The summed E-state index contributed by atoms with van der Waals surface area (Å²) in [6.45, 7) is 0. The Balaban J connectivity index is 1.44. The number of aromatic nitrogens is 2. The quantitative estimate of drug-likeness (QED) is 0.261. The number of nitrogens with zero attached hydrogens (tertiary/aromatic N) is 2. The second-order valence-corrected chi connectivity index (χ2v) is 7.65.